The molecule has 266 valence electrons. The summed E-state index contributed by atoms with van der Waals surface area (Å²) in [5, 5.41) is 9.95. The van der Waals surface area contributed by atoms with Crippen molar-refractivity contribution in [2.75, 3.05) is 22.8 Å². The molecule has 10 nitrogen and oxygen atoms in total. The van der Waals surface area contributed by atoms with Crippen LogP contribution in [0.25, 0.3) is 11.3 Å². The first kappa shape index (κ1) is 36.8. The smallest absolute Gasteiger partial charge is 0.408 e. The highest BCUT2D eigenvalue weighted by Gasteiger charge is 2.45. The van der Waals surface area contributed by atoms with E-state index in [0.29, 0.717) is 47.6 Å². The van der Waals surface area contributed by atoms with Crippen molar-refractivity contribution in [2.45, 2.75) is 84.2 Å². The normalized spacial score (nSPS) is 17.2. The third-order valence-electron chi connectivity index (χ3n) is 9.63. The number of anilines is 2. The van der Waals surface area contributed by atoms with Gasteiger partial charge in [0.2, 0.25) is 10.0 Å². The van der Waals surface area contributed by atoms with Crippen LogP contribution in [0, 0.1) is 11.8 Å². The number of pyridine rings is 1. The monoisotopic (exact) mass is 698 g/mol. The topological polar surface area (TPSA) is 120 Å². The van der Waals surface area contributed by atoms with Crippen molar-refractivity contribution >= 4 is 27.8 Å². The summed E-state index contributed by atoms with van der Waals surface area (Å²) in [6, 6.07) is 25.5. The van der Waals surface area contributed by atoms with Gasteiger partial charge < -0.3 is 10.0 Å². The van der Waals surface area contributed by atoms with Crippen molar-refractivity contribution in [1.29, 1.82) is 0 Å². The Morgan fingerprint density at radius 2 is 1.50 bits per heavy atom. The van der Waals surface area contributed by atoms with E-state index < -0.39 is 32.4 Å². The second kappa shape index (κ2) is 14.4. The number of benzene rings is 2. The number of amides is 1. The Morgan fingerprint density at radius 1 is 0.920 bits per heavy atom. The van der Waals surface area contributed by atoms with E-state index in [1.807, 2.05) is 88.4 Å². The molecule has 4 aromatic rings. The molecule has 1 N–H and O–H groups in total. The van der Waals surface area contributed by atoms with Crippen molar-refractivity contribution in [3.63, 3.8) is 0 Å². The van der Waals surface area contributed by atoms with E-state index in [4.69, 9.17) is 9.97 Å². The summed E-state index contributed by atoms with van der Waals surface area (Å²) in [4.78, 5) is 31.0. The van der Waals surface area contributed by atoms with Crippen molar-refractivity contribution in [3.05, 3.63) is 102 Å². The second-order valence-corrected chi connectivity index (χ2v) is 17.5. The van der Waals surface area contributed by atoms with Gasteiger partial charge in [0.15, 0.2) is 0 Å². The average molecular weight is 699 g/mol. The molecule has 1 aliphatic rings. The summed E-state index contributed by atoms with van der Waals surface area (Å²) in [6.45, 7) is 14.5. The molecule has 2 heterocycles. The summed E-state index contributed by atoms with van der Waals surface area (Å²) in [5.41, 5.74) is 1.96. The van der Waals surface area contributed by atoms with E-state index >= 15 is 0 Å². The fourth-order valence-corrected chi connectivity index (χ4v) is 7.71. The molecule has 0 bridgehead atoms. The highest BCUT2D eigenvalue weighted by Crippen LogP contribution is 2.41. The molecule has 3 atom stereocenters. The van der Waals surface area contributed by atoms with Crippen LogP contribution in [0.5, 0.6) is 0 Å². The summed E-state index contributed by atoms with van der Waals surface area (Å²) in [5.74, 6) is 2.03. The standard InChI is InChI=1S/C39H50N6O4S/c1-27(2)50(48,49)43(8)35-20-31(21-36(42-35)44(25-32-19-28(32)3)24-30-17-13-10-14-18-30)33-22-34(41-26-40-33)39(7,23-29-15-11-9-12-16-29)45(37(46)47)38(4,5)6/h9-18,20-22,26-28,32H,19,23-25H2,1-8H3,(H,46,47)/t28?,32?,39-/m1/s1. The Balaban J connectivity index is 1.68. The number of carbonyl (C=O) groups is 1. The third kappa shape index (κ3) is 8.09. The lowest BCUT2D eigenvalue weighted by Crippen LogP contribution is -2.57. The SMILES string of the molecule is CC1CC1CN(Cc1ccccc1)c1cc(-c2cc([C@@](C)(Cc3ccccc3)N(C(=O)O)C(C)(C)C)ncn2)cc(N(C)S(=O)(=O)C(C)C)n1. The minimum Gasteiger partial charge on any atom is -0.465 e. The van der Waals surface area contributed by atoms with Crippen molar-refractivity contribution in [2.24, 2.45) is 11.8 Å². The van der Waals surface area contributed by atoms with Crippen LogP contribution < -0.4 is 9.21 Å². The summed E-state index contributed by atoms with van der Waals surface area (Å²) in [7, 11) is -2.17. The van der Waals surface area contributed by atoms with Crippen LogP contribution in [-0.4, -0.2) is 63.9 Å². The van der Waals surface area contributed by atoms with Gasteiger partial charge in [0.05, 0.1) is 22.2 Å². The zero-order valence-electron chi connectivity index (χ0n) is 30.4. The van der Waals surface area contributed by atoms with Gasteiger partial charge in [-0.25, -0.2) is 28.2 Å². The molecular formula is C39H50N6O4S. The quantitative estimate of drug-likeness (QED) is 0.152. The van der Waals surface area contributed by atoms with Crippen LogP contribution in [0.4, 0.5) is 16.4 Å². The van der Waals surface area contributed by atoms with Gasteiger partial charge in [0.1, 0.15) is 18.0 Å². The Morgan fingerprint density at radius 3 is 2.04 bits per heavy atom. The predicted octanol–water partition coefficient (Wildman–Crippen LogP) is 7.61. The second-order valence-electron chi connectivity index (χ2n) is 15.0. The molecule has 1 saturated carbocycles. The van der Waals surface area contributed by atoms with Gasteiger partial charge >= 0.3 is 6.09 Å². The number of hydrogen-bond donors (Lipinski definition) is 1. The van der Waals surface area contributed by atoms with E-state index in [9.17, 15) is 18.3 Å². The van der Waals surface area contributed by atoms with Gasteiger partial charge in [0, 0.05) is 37.7 Å². The van der Waals surface area contributed by atoms with E-state index in [2.05, 4.69) is 28.9 Å². The van der Waals surface area contributed by atoms with Crippen LogP contribution in [0.1, 0.15) is 71.7 Å². The predicted molar refractivity (Wildman–Crippen MR) is 200 cm³/mol. The summed E-state index contributed by atoms with van der Waals surface area (Å²) in [6.07, 6.45) is 1.90. The molecule has 0 spiro atoms. The minimum atomic E-state index is -3.71. The first-order valence-corrected chi connectivity index (χ1v) is 18.7. The number of rotatable bonds is 13. The molecule has 2 aromatic heterocycles. The number of sulfonamides is 1. The average Bonchev–Trinajstić information content (AvgIpc) is 3.77. The van der Waals surface area contributed by atoms with Crippen molar-refractivity contribution < 1.29 is 18.3 Å². The summed E-state index contributed by atoms with van der Waals surface area (Å²) >= 11 is 0. The first-order valence-electron chi connectivity index (χ1n) is 17.2. The maximum absolute atomic E-state index is 13.5. The first-order chi connectivity index (χ1) is 23.5. The van der Waals surface area contributed by atoms with Gasteiger partial charge in [-0.05, 0) is 89.1 Å². The Labute approximate surface area is 297 Å². The van der Waals surface area contributed by atoms with Gasteiger partial charge in [0.25, 0.3) is 0 Å². The van der Waals surface area contributed by atoms with Crippen LogP contribution in [0.15, 0.2) is 85.2 Å². The Bertz CT molecular complexity index is 1900. The van der Waals surface area contributed by atoms with Crippen LogP contribution in [-0.2, 0) is 28.5 Å². The highest BCUT2D eigenvalue weighted by molar-refractivity contribution is 7.93. The van der Waals surface area contributed by atoms with Crippen LogP contribution in [0.2, 0.25) is 0 Å². The van der Waals surface area contributed by atoms with Gasteiger partial charge in [-0.2, -0.15) is 0 Å². The van der Waals surface area contributed by atoms with Crippen LogP contribution in [0.3, 0.4) is 0 Å². The fourth-order valence-electron chi connectivity index (χ4n) is 6.72. The maximum Gasteiger partial charge on any atom is 0.408 e. The largest absolute Gasteiger partial charge is 0.465 e. The molecule has 2 unspecified atom stereocenters. The van der Waals surface area contributed by atoms with Gasteiger partial charge in [-0.1, -0.05) is 67.6 Å². The van der Waals surface area contributed by atoms with E-state index in [1.54, 1.807) is 19.9 Å². The molecular weight excluding hydrogens is 649 g/mol. The molecule has 0 radical (unpaired) electrons. The Hall–Kier alpha value is -4.51. The number of nitrogens with zero attached hydrogens (tertiary/aromatic N) is 6. The van der Waals surface area contributed by atoms with E-state index in [0.717, 1.165) is 24.1 Å². The number of carboxylic acid groups (broad SMARTS) is 1. The molecule has 50 heavy (non-hydrogen) atoms. The van der Waals surface area contributed by atoms with Gasteiger partial charge in [-0.15, -0.1) is 0 Å². The van der Waals surface area contributed by atoms with Crippen LogP contribution >= 0.6 is 0 Å². The molecule has 0 saturated heterocycles. The number of hydrogen-bond acceptors (Lipinski definition) is 7. The lowest BCUT2D eigenvalue weighted by atomic mass is 9.83. The molecule has 0 aliphatic heterocycles. The van der Waals surface area contributed by atoms with Crippen molar-refractivity contribution in [3.8, 4) is 11.3 Å². The minimum absolute atomic E-state index is 0.280. The molecule has 1 amide bonds. The molecule has 5 rings (SSSR count). The van der Waals surface area contributed by atoms with Gasteiger partial charge in [-0.3, -0.25) is 9.21 Å². The molecule has 1 aliphatic carbocycles. The lowest BCUT2D eigenvalue weighted by Gasteiger charge is -2.47. The van der Waals surface area contributed by atoms with Crippen molar-refractivity contribution in [1.82, 2.24) is 19.9 Å². The van der Waals surface area contributed by atoms with E-state index in [-0.39, 0.29) is 5.82 Å². The highest BCUT2D eigenvalue weighted by atomic mass is 32.2. The number of aromatic nitrogens is 3. The fraction of sp³-hybridized carbons (Fsp3) is 0.436. The molecule has 2 aromatic carbocycles. The van der Waals surface area contributed by atoms with E-state index in [1.165, 1.54) is 22.6 Å². The zero-order chi connectivity index (χ0) is 36.4. The lowest BCUT2D eigenvalue weighted by molar-refractivity contribution is 0.0197. The maximum atomic E-state index is 13.5. The summed E-state index contributed by atoms with van der Waals surface area (Å²) < 4.78 is 28.2. The Kier molecular flexibility index (Phi) is 10.6. The third-order valence-corrected chi connectivity index (χ3v) is 11.8. The molecule has 11 heteroatoms. The molecule has 1 fully saturated rings. The zero-order valence-corrected chi connectivity index (χ0v) is 31.2.